The summed E-state index contributed by atoms with van der Waals surface area (Å²) in [5.41, 5.74) is -2.09. The molecular formula is C12H17NO5. The van der Waals surface area contributed by atoms with E-state index in [2.05, 4.69) is 0 Å². The smallest absolute Gasteiger partial charge is 0.411 e. The van der Waals surface area contributed by atoms with Crippen molar-refractivity contribution in [3.63, 3.8) is 0 Å². The number of hydrogen-bond acceptors (Lipinski definition) is 4. The third kappa shape index (κ3) is 1.76. The number of fused-ring (bicyclic) bond motifs is 2. The highest BCUT2D eigenvalue weighted by atomic mass is 16.6. The summed E-state index contributed by atoms with van der Waals surface area (Å²) in [5, 5.41) is 9.32. The summed E-state index contributed by atoms with van der Waals surface area (Å²) in [7, 11) is 0. The molecule has 2 aliphatic rings. The average molecular weight is 255 g/mol. The van der Waals surface area contributed by atoms with Crippen molar-refractivity contribution in [2.45, 2.75) is 57.2 Å². The third-order valence-electron chi connectivity index (χ3n) is 3.43. The van der Waals surface area contributed by atoms with Gasteiger partial charge < -0.3 is 9.84 Å². The van der Waals surface area contributed by atoms with Gasteiger partial charge in [0, 0.05) is 6.42 Å². The molecule has 0 aliphatic carbocycles. The van der Waals surface area contributed by atoms with E-state index in [4.69, 9.17) is 4.74 Å². The Kier molecular flexibility index (Phi) is 2.64. The predicted molar refractivity (Wildman–Crippen MR) is 61.1 cm³/mol. The zero-order valence-electron chi connectivity index (χ0n) is 10.7. The van der Waals surface area contributed by atoms with Crippen LogP contribution in [0.3, 0.4) is 0 Å². The maximum absolute atomic E-state index is 12.1. The van der Waals surface area contributed by atoms with Crippen LogP contribution in [-0.4, -0.2) is 45.0 Å². The lowest BCUT2D eigenvalue weighted by Crippen LogP contribution is -2.52. The molecule has 2 unspecified atom stereocenters. The Morgan fingerprint density at radius 2 is 2.06 bits per heavy atom. The Bertz CT molecular complexity index is 425. The van der Waals surface area contributed by atoms with Gasteiger partial charge in [-0.15, -0.1) is 0 Å². The zero-order valence-corrected chi connectivity index (χ0v) is 10.7. The second-order valence-electron chi connectivity index (χ2n) is 5.88. The molecule has 1 N–H and O–H groups in total. The maximum Gasteiger partial charge on any atom is 0.411 e. The quantitative estimate of drug-likeness (QED) is 0.760. The van der Waals surface area contributed by atoms with Gasteiger partial charge >= 0.3 is 12.1 Å². The van der Waals surface area contributed by atoms with Gasteiger partial charge in [-0.25, -0.2) is 9.59 Å². The summed E-state index contributed by atoms with van der Waals surface area (Å²) in [6, 6.07) is -0.629. The van der Waals surface area contributed by atoms with Crippen molar-refractivity contribution in [1.82, 2.24) is 4.90 Å². The highest BCUT2D eigenvalue weighted by Crippen LogP contribution is 2.45. The fourth-order valence-electron chi connectivity index (χ4n) is 2.71. The Balaban J connectivity index is 2.29. The molecule has 18 heavy (non-hydrogen) atoms. The highest BCUT2D eigenvalue weighted by Gasteiger charge is 2.63. The van der Waals surface area contributed by atoms with E-state index in [0.29, 0.717) is 12.8 Å². The van der Waals surface area contributed by atoms with Crippen molar-refractivity contribution < 1.29 is 24.2 Å². The van der Waals surface area contributed by atoms with Gasteiger partial charge in [0.1, 0.15) is 5.60 Å². The monoisotopic (exact) mass is 255 g/mol. The summed E-state index contributed by atoms with van der Waals surface area (Å²) in [4.78, 5) is 36.3. The van der Waals surface area contributed by atoms with Crippen LogP contribution in [0, 0.1) is 0 Å². The van der Waals surface area contributed by atoms with E-state index in [1.54, 1.807) is 20.8 Å². The number of ether oxygens (including phenoxy) is 1. The van der Waals surface area contributed by atoms with Gasteiger partial charge in [-0.2, -0.15) is 0 Å². The third-order valence-corrected chi connectivity index (χ3v) is 3.43. The summed E-state index contributed by atoms with van der Waals surface area (Å²) >= 11 is 0. The molecule has 2 saturated heterocycles. The fourth-order valence-corrected chi connectivity index (χ4v) is 2.71. The first-order valence-electron chi connectivity index (χ1n) is 5.96. The van der Waals surface area contributed by atoms with E-state index in [0.717, 1.165) is 4.90 Å². The number of nitrogens with zero attached hydrogens (tertiary/aromatic N) is 1. The van der Waals surface area contributed by atoms with Crippen LogP contribution < -0.4 is 0 Å². The normalized spacial score (nSPS) is 30.7. The van der Waals surface area contributed by atoms with E-state index in [1.807, 2.05) is 0 Å². The van der Waals surface area contributed by atoms with E-state index in [-0.39, 0.29) is 12.2 Å². The van der Waals surface area contributed by atoms with Gasteiger partial charge in [0.25, 0.3) is 0 Å². The topological polar surface area (TPSA) is 83.9 Å². The first kappa shape index (κ1) is 12.9. The van der Waals surface area contributed by atoms with Gasteiger partial charge in [0.05, 0.1) is 6.04 Å². The molecule has 0 aromatic rings. The molecule has 2 rings (SSSR count). The Morgan fingerprint density at radius 1 is 1.44 bits per heavy atom. The van der Waals surface area contributed by atoms with E-state index in [1.165, 1.54) is 0 Å². The van der Waals surface area contributed by atoms with Crippen molar-refractivity contribution in [2.24, 2.45) is 0 Å². The van der Waals surface area contributed by atoms with Crippen molar-refractivity contribution in [3.8, 4) is 0 Å². The highest BCUT2D eigenvalue weighted by molar-refractivity contribution is 6.01. The zero-order chi connectivity index (χ0) is 13.7. The summed E-state index contributed by atoms with van der Waals surface area (Å²) in [6.45, 7) is 5.12. The molecule has 0 spiro atoms. The van der Waals surface area contributed by atoms with Gasteiger partial charge in [-0.1, -0.05) is 0 Å². The molecule has 2 aliphatic heterocycles. The summed E-state index contributed by atoms with van der Waals surface area (Å²) in [6.07, 6.45) is -0.0903. The Labute approximate surface area is 105 Å². The van der Waals surface area contributed by atoms with Crippen LogP contribution in [0.4, 0.5) is 4.79 Å². The molecule has 1 amide bonds. The number of rotatable bonds is 1. The number of hydrogen-bond donors (Lipinski definition) is 1. The van der Waals surface area contributed by atoms with Gasteiger partial charge in [0.2, 0.25) is 0 Å². The Hall–Kier alpha value is -1.59. The van der Waals surface area contributed by atoms with Crippen LogP contribution in [-0.2, 0) is 14.3 Å². The molecule has 6 heteroatoms. The SMILES string of the molecule is CC(C)(C)OC(=O)N1C2CCC1(C(=O)O)CC2=O. The first-order valence-corrected chi connectivity index (χ1v) is 5.96. The molecule has 0 saturated carbocycles. The molecular weight excluding hydrogens is 238 g/mol. The molecule has 0 aromatic carbocycles. The second kappa shape index (κ2) is 3.70. The number of carbonyl (C=O) groups is 3. The molecule has 2 fully saturated rings. The van der Waals surface area contributed by atoms with Crippen molar-refractivity contribution >= 4 is 17.8 Å². The largest absolute Gasteiger partial charge is 0.479 e. The standard InChI is InChI=1S/C12H17NO5/c1-11(2,3)18-10(17)13-7-4-5-12(13,9(15)16)6-8(7)14/h7H,4-6H2,1-3H3,(H,15,16). The number of amides is 1. The summed E-state index contributed by atoms with van der Waals surface area (Å²) < 4.78 is 5.20. The van der Waals surface area contributed by atoms with Crippen molar-refractivity contribution in [2.75, 3.05) is 0 Å². The van der Waals surface area contributed by atoms with Crippen LogP contribution in [0.1, 0.15) is 40.0 Å². The van der Waals surface area contributed by atoms with Crippen LogP contribution in [0.15, 0.2) is 0 Å². The summed E-state index contributed by atoms with van der Waals surface area (Å²) in [5.74, 6) is -1.31. The molecule has 0 radical (unpaired) electrons. The average Bonchev–Trinajstić information content (AvgIpc) is 2.67. The van der Waals surface area contributed by atoms with Crippen LogP contribution in [0.5, 0.6) is 0 Å². The molecule has 2 bridgehead atoms. The lowest BCUT2D eigenvalue weighted by Gasteiger charge is -2.31. The predicted octanol–water partition coefficient (Wildman–Crippen LogP) is 1.18. The second-order valence-corrected chi connectivity index (χ2v) is 5.88. The van der Waals surface area contributed by atoms with E-state index >= 15 is 0 Å². The molecule has 6 nitrogen and oxygen atoms in total. The van der Waals surface area contributed by atoms with Crippen LogP contribution >= 0.6 is 0 Å². The number of carboxylic acid groups (broad SMARTS) is 1. The Morgan fingerprint density at radius 3 is 2.50 bits per heavy atom. The number of carbonyl (C=O) groups excluding carboxylic acids is 2. The number of Topliss-reactive ketones (excluding diaryl/α,β-unsaturated/α-hetero) is 1. The molecule has 2 atom stereocenters. The van der Waals surface area contributed by atoms with Gasteiger partial charge in [-0.05, 0) is 33.6 Å². The van der Waals surface area contributed by atoms with Crippen molar-refractivity contribution in [3.05, 3.63) is 0 Å². The van der Waals surface area contributed by atoms with Crippen LogP contribution in [0.2, 0.25) is 0 Å². The first-order chi connectivity index (χ1) is 8.17. The number of aliphatic carboxylic acids is 1. The van der Waals surface area contributed by atoms with Crippen LogP contribution in [0.25, 0.3) is 0 Å². The minimum Gasteiger partial charge on any atom is -0.479 e. The van der Waals surface area contributed by atoms with E-state index < -0.39 is 29.2 Å². The lowest BCUT2D eigenvalue weighted by molar-refractivity contribution is -0.148. The number of carboxylic acids is 1. The minimum absolute atomic E-state index is 0.105. The van der Waals surface area contributed by atoms with Crippen molar-refractivity contribution in [1.29, 1.82) is 0 Å². The molecule has 100 valence electrons. The lowest BCUT2D eigenvalue weighted by atomic mass is 9.87. The fraction of sp³-hybridized carbons (Fsp3) is 0.750. The maximum atomic E-state index is 12.1. The number of ketones is 1. The van der Waals surface area contributed by atoms with E-state index in [9.17, 15) is 19.5 Å². The van der Waals surface area contributed by atoms with Gasteiger partial charge in [-0.3, -0.25) is 9.69 Å². The minimum atomic E-state index is -1.38. The van der Waals surface area contributed by atoms with Gasteiger partial charge in [0.15, 0.2) is 11.3 Å². The molecule has 0 aromatic heterocycles. The molecule has 2 heterocycles.